The van der Waals surface area contributed by atoms with Gasteiger partial charge in [0, 0.05) is 12.7 Å². The molecule has 1 saturated carbocycles. The van der Waals surface area contributed by atoms with Gasteiger partial charge in [-0.1, -0.05) is 25.7 Å². The van der Waals surface area contributed by atoms with Crippen molar-refractivity contribution in [3.8, 4) is 0 Å². The number of aliphatic carboxylic acids is 1. The summed E-state index contributed by atoms with van der Waals surface area (Å²) < 4.78 is 28.8. The second-order valence-electron chi connectivity index (χ2n) is 5.45. The van der Waals surface area contributed by atoms with Gasteiger partial charge in [-0.05, 0) is 19.8 Å². The predicted octanol–water partition coefficient (Wildman–Crippen LogP) is 1.36. The van der Waals surface area contributed by atoms with Crippen molar-refractivity contribution < 1.29 is 18.3 Å². The third kappa shape index (κ3) is 3.44. The fourth-order valence-electron chi connectivity index (χ4n) is 2.65. The van der Waals surface area contributed by atoms with Gasteiger partial charge in [-0.25, -0.2) is 13.4 Å². The van der Waals surface area contributed by atoms with Crippen LogP contribution in [-0.2, 0) is 21.4 Å². The Morgan fingerprint density at radius 3 is 2.48 bits per heavy atom. The number of carboxylic acid groups (broad SMARTS) is 1. The third-order valence-electron chi connectivity index (χ3n) is 3.95. The van der Waals surface area contributed by atoms with Crippen molar-refractivity contribution in [3.63, 3.8) is 0 Å². The van der Waals surface area contributed by atoms with E-state index in [1.807, 2.05) is 6.92 Å². The van der Waals surface area contributed by atoms with Crippen LogP contribution >= 0.6 is 0 Å². The maximum atomic E-state index is 12.4. The molecule has 8 heteroatoms. The van der Waals surface area contributed by atoms with Gasteiger partial charge in [-0.3, -0.25) is 4.79 Å². The summed E-state index contributed by atoms with van der Waals surface area (Å²) in [6.45, 7) is 2.47. The van der Waals surface area contributed by atoms with Crippen LogP contribution in [0.4, 0.5) is 0 Å². The molecule has 1 aromatic rings. The molecule has 0 saturated heterocycles. The number of carboxylic acids is 1. The van der Waals surface area contributed by atoms with E-state index in [1.165, 1.54) is 12.5 Å². The van der Waals surface area contributed by atoms with Crippen molar-refractivity contribution in [2.45, 2.75) is 62.6 Å². The number of imidazole rings is 1. The van der Waals surface area contributed by atoms with Gasteiger partial charge in [0.25, 0.3) is 10.0 Å². The normalized spacial score (nSPS) is 19.1. The minimum atomic E-state index is -3.93. The minimum Gasteiger partial charge on any atom is -0.480 e. The molecule has 0 bridgehead atoms. The Morgan fingerprint density at radius 2 is 2.00 bits per heavy atom. The molecular weight excluding hydrogens is 294 g/mol. The lowest BCUT2D eigenvalue weighted by atomic mass is 9.92. The van der Waals surface area contributed by atoms with E-state index >= 15 is 0 Å². The van der Waals surface area contributed by atoms with Crippen molar-refractivity contribution in [1.29, 1.82) is 0 Å². The number of carbonyl (C=O) groups is 1. The van der Waals surface area contributed by atoms with Crippen LogP contribution < -0.4 is 4.72 Å². The molecule has 1 aliphatic rings. The molecule has 0 spiro atoms. The number of sulfonamides is 1. The van der Waals surface area contributed by atoms with Gasteiger partial charge in [-0.2, -0.15) is 4.72 Å². The number of hydrogen-bond acceptors (Lipinski definition) is 4. The second-order valence-corrected chi connectivity index (χ2v) is 7.08. The van der Waals surface area contributed by atoms with Crippen LogP contribution in [0.25, 0.3) is 0 Å². The number of aryl methyl sites for hydroxylation is 1. The fraction of sp³-hybridized carbons (Fsp3) is 0.692. The number of nitrogens with zero attached hydrogens (tertiary/aromatic N) is 2. The van der Waals surface area contributed by atoms with Gasteiger partial charge in [0.05, 0.1) is 6.33 Å². The quantitative estimate of drug-likeness (QED) is 0.799. The van der Waals surface area contributed by atoms with E-state index in [9.17, 15) is 18.3 Å². The molecule has 0 radical (unpaired) electrons. The average Bonchev–Trinajstić information content (AvgIpc) is 2.80. The Morgan fingerprint density at radius 1 is 1.38 bits per heavy atom. The van der Waals surface area contributed by atoms with Gasteiger partial charge in [0.15, 0.2) is 5.03 Å². The molecular formula is C13H21N3O4S. The Kier molecular flexibility index (Phi) is 4.67. The zero-order chi connectivity index (χ0) is 15.5. The molecule has 0 amide bonds. The highest BCUT2D eigenvalue weighted by Crippen LogP contribution is 2.29. The number of hydrogen-bond donors (Lipinski definition) is 2. The van der Waals surface area contributed by atoms with Crippen molar-refractivity contribution in [1.82, 2.24) is 14.3 Å². The third-order valence-corrected chi connectivity index (χ3v) is 5.37. The molecule has 0 atom stereocenters. The highest BCUT2D eigenvalue weighted by Gasteiger charge is 2.42. The molecule has 21 heavy (non-hydrogen) atoms. The van der Waals surface area contributed by atoms with Crippen molar-refractivity contribution in [3.05, 3.63) is 12.5 Å². The van der Waals surface area contributed by atoms with Gasteiger partial charge in [-0.15, -0.1) is 0 Å². The molecule has 7 nitrogen and oxygen atoms in total. The van der Waals surface area contributed by atoms with Gasteiger partial charge >= 0.3 is 5.97 Å². The average molecular weight is 315 g/mol. The molecule has 1 aromatic heterocycles. The molecule has 0 aromatic carbocycles. The second kappa shape index (κ2) is 6.15. The smallest absolute Gasteiger partial charge is 0.324 e. The first-order valence-electron chi connectivity index (χ1n) is 7.19. The summed E-state index contributed by atoms with van der Waals surface area (Å²) in [7, 11) is -3.93. The van der Waals surface area contributed by atoms with E-state index in [2.05, 4.69) is 9.71 Å². The molecule has 1 aliphatic carbocycles. The Labute approximate surface area is 124 Å². The van der Waals surface area contributed by atoms with Crippen molar-refractivity contribution in [2.75, 3.05) is 0 Å². The molecule has 1 fully saturated rings. The van der Waals surface area contributed by atoms with E-state index in [0.29, 0.717) is 32.2 Å². The summed E-state index contributed by atoms with van der Waals surface area (Å²) in [4.78, 5) is 15.5. The summed E-state index contributed by atoms with van der Waals surface area (Å²) in [5, 5.41) is 9.39. The van der Waals surface area contributed by atoms with E-state index in [1.54, 1.807) is 4.57 Å². The summed E-state index contributed by atoms with van der Waals surface area (Å²) >= 11 is 0. The first-order valence-corrected chi connectivity index (χ1v) is 8.67. The van der Waals surface area contributed by atoms with E-state index in [-0.39, 0.29) is 5.03 Å². The van der Waals surface area contributed by atoms with Crippen LogP contribution in [0.3, 0.4) is 0 Å². The monoisotopic (exact) mass is 315 g/mol. The lowest BCUT2D eigenvalue weighted by Gasteiger charge is -2.28. The zero-order valence-electron chi connectivity index (χ0n) is 12.1. The number of rotatable bonds is 5. The van der Waals surface area contributed by atoms with Crippen LogP contribution in [0.2, 0.25) is 0 Å². The van der Waals surface area contributed by atoms with Crippen LogP contribution in [0.5, 0.6) is 0 Å². The Hall–Kier alpha value is -1.41. The molecule has 2 N–H and O–H groups in total. The SMILES string of the molecule is CCn1cnc(S(=O)(=O)NC2(C(=O)O)CCCCCC2)c1. The summed E-state index contributed by atoms with van der Waals surface area (Å²) in [5.41, 5.74) is -1.41. The molecule has 0 aliphatic heterocycles. The maximum absolute atomic E-state index is 12.4. The molecule has 0 unspecified atom stereocenters. The van der Waals surface area contributed by atoms with E-state index in [4.69, 9.17) is 0 Å². The fourth-order valence-corrected chi connectivity index (χ4v) is 4.02. The Bertz CT molecular complexity index is 601. The zero-order valence-corrected chi connectivity index (χ0v) is 12.9. The van der Waals surface area contributed by atoms with Crippen molar-refractivity contribution in [2.24, 2.45) is 0 Å². The van der Waals surface area contributed by atoms with Gasteiger partial charge < -0.3 is 9.67 Å². The lowest BCUT2D eigenvalue weighted by Crippen LogP contribution is -2.54. The maximum Gasteiger partial charge on any atom is 0.324 e. The first kappa shape index (κ1) is 16.0. The predicted molar refractivity (Wildman–Crippen MR) is 76.3 cm³/mol. The summed E-state index contributed by atoms with van der Waals surface area (Å²) in [6.07, 6.45) is 6.74. The van der Waals surface area contributed by atoms with Crippen molar-refractivity contribution >= 4 is 16.0 Å². The van der Waals surface area contributed by atoms with E-state index < -0.39 is 21.5 Å². The minimum absolute atomic E-state index is 0.130. The lowest BCUT2D eigenvalue weighted by molar-refractivity contribution is -0.144. The summed E-state index contributed by atoms with van der Waals surface area (Å²) in [5.74, 6) is -1.11. The molecule has 1 heterocycles. The van der Waals surface area contributed by atoms with Crippen LogP contribution in [-0.4, -0.2) is 34.6 Å². The topological polar surface area (TPSA) is 101 Å². The van der Waals surface area contributed by atoms with Crippen LogP contribution in [0.1, 0.15) is 45.4 Å². The molecule has 118 valence electrons. The van der Waals surface area contributed by atoms with Crippen LogP contribution in [0, 0.1) is 0 Å². The van der Waals surface area contributed by atoms with Gasteiger partial charge in [0.1, 0.15) is 5.54 Å². The highest BCUT2D eigenvalue weighted by atomic mass is 32.2. The Balaban J connectivity index is 2.28. The van der Waals surface area contributed by atoms with Crippen LogP contribution in [0.15, 0.2) is 17.6 Å². The van der Waals surface area contributed by atoms with E-state index in [0.717, 1.165) is 12.8 Å². The van der Waals surface area contributed by atoms with Gasteiger partial charge in [0.2, 0.25) is 0 Å². The number of aromatic nitrogens is 2. The largest absolute Gasteiger partial charge is 0.480 e. The standard InChI is InChI=1S/C13H21N3O4S/c1-2-16-9-11(14-10-16)21(19,20)15-13(12(17)18)7-5-3-4-6-8-13/h9-10,15H,2-8H2,1H3,(H,17,18). The highest BCUT2D eigenvalue weighted by molar-refractivity contribution is 7.89. The first-order chi connectivity index (χ1) is 9.89. The number of nitrogens with one attached hydrogen (secondary N) is 1. The summed E-state index contributed by atoms with van der Waals surface area (Å²) in [6, 6.07) is 0. The molecule has 2 rings (SSSR count).